The Bertz CT molecular complexity index is 520. The van der Waals surface area contributed by atoms with Gasteiger partial charge in [0.15, 0.2) is 0 Å². The Morgan fingerprint density at radius 1 is 1.12 bits per heavy atom. The van der Waals surface area contributed by atoms with Crippen LogP contribution >= 0.6 is 22.9 Å². The van der Waals surface area contributed by atoms with Gasteiger partial charge in [0.2, 0.25) is 0 Å². The Morgan fingerprint density at radius 2 is 1.71 bits per heavy atom. The number of thiophene rings is 1. The molecule has 0 spiro atoms. The number of halogens is 1. The standard InChI is InChI=1S/C14H16ClNS/c1-14(2,3)13-11(16)8-12(17-13)9-4-6-10(15)7-5-9/h4-8H,16H2,1-3H3. The smallest absolute Gasteiger partial charge is 0.0467 e. The number of rotatable bonds is 1. The van der Waals surface area contributed by atoms with Crippen molar-refractivity contribution in [3.63, 3.8) is 0 Å². The van der Waals surface area contributed by atoms with Crippen molar-refractivity contribution in [3.05, 3.63) is 40.2 Å². The van der Waals surface area contributed by atoms with Gasteiger partial charge in [-0.3, -0.25) is 0 Å². The third kappa shape index (κ3) is 2.64. The van der Waals surface area contributed by atoms with Gasteiger partial charge in [-0.15, -0.1) is 11.3 Å². The predicted octanol–water partition coefficient (Wildman–Crippen LogP) is 4.95. The molecular formula is C14H16ClNS. The van der Waals surface area contributed by atoms with E-state index >= 15 is 0 Å². The molecule has 0 aliphatic rings. The molecule has 90 valence electrons. The lowest BCUT2D eigenvalue weighted by molar-refractivity contribution is 0.606. The molecule has 3 heteroatoms. The van der Waals surface area contributed by atoms with Crippen LogP contribution in [0, 0.1) is 0 Å². The fourth-order valence-electron chi connectivity index (χ4n) is 1.75. The van der Waals surface area contributed by atoms with Gasteiger partial charge in [-0.2, -0.15) is 0 Å². The summed E-state index contributed by atoms with van der Waals surface area (Å²) >= 11 is 7.64. The van der Waals surface area contributed by atoms with Crippen molar-refractivity contribution >= 4 is 28.6 Å². The molecule has 17 heavy (non-hydrogen) atoms. The Kier molecular flexibility index (Phi) is 3.19. The number of hydrogen-bond donors (Lipinski definition) is 1. The quantitative estimate of drug-likeness (QED) is 0.776. The van der Waals surface area contributed by atoms with Gasteiger partial charge in [-0.1, -0.05) is 44.5 Å². The molecule has 0 saturated heterocycles. The summed E-state index contributed by atoms with van der Waals surface area (Å²) in [7, 11) is 0. The van der Waals surface area contributed by atoms with E-state index in [1.54, 1.807) is 11.3 Å². The highest BCUT2D eigenvalue weighted by Crippen LogP contribution is 2.40. The fourth-order valence-corrected chi connectivity index (χ4v) is 3.02. The Labute approximate surface area is 111 Å². The molecule has 1 aromatic heterocycles. The normalized spacial score (nSPS) is 11.8. The van der Waals surface area contributed by atoms with Crippen molar-refractivity contribution < 1.29 is 0 Å². The average molecular weight is 266 g/mol. The maximum absolute atomic E-state index is 6.08. The second kappa shape index (κ2) is 4.35. The first-order valence-electron chi connectivity index (χ1n) is 5.53. The number of nitrogens with two attached hydrogens (primary N) is 1. The summed E-state index contributed by atoms with van der Waals surface area (Å²) in [6, 6.07) is 9.92. The van der Waals surface area contributed by atoms with Crippen LogP contribution in [0.25, 0.3) is 10.4 Å². The first-order chi connectivity index (χ1) is 7.88. The second-order valence-corrected chi connectivity index (χ2v) is 6.64. The predicted molar refractivity (Wildman–Crippen MR) is 77.9 cm³/mol. The SMILES string of the molecule is CC(C)(C)c1sc(-c2ccc(Cl)cc2)cc1N. The van der Waals surface area contributed by atoms with Crippen LogP contribution in [-0.4, -0.2) is 0 Å². The molecule has 1 aromatic carbocycles. The molecule has 0 radical (unpaired) electrons. The van der Waals surface area contributed by atoms with Crippen LogP contribution < -0.4 is 5.73 Å². The van der Waals surface area contributed by atoms with Gasteiger partial charge in [0.1, 0.15) is 0 Å². The Morgan fingerprint density at radius 3 is 2.18 bits per heavy atom. The summed E-state index contributed by atoms with van der Waals surface area (Å²) in [5, 5.41) is 0.759. The molecule has 0 amide bonds. The zero-order valence-electron chi connectivity index (χ0n) is 10.3. The van der Waals surface area contributed by atoms with Crippen LogP contribution in [0.1, 0.15) is 25.6 Å². The first kappa shape index (κ1) is 12.5. The van der Waals surface area contributed by atoms with E-state index in [1.807, 2.05) is 24.3 Å². The van der Waals surface area contributed by atoms with E-state index in [0.29, 0.717) is 0 Å². The highest BCUT2D eigenvalue weighted by molar-refractivity contribution is 7.16. The van der Waals surface area contributed by atoms with Gasteiger partial charge >= 0.3 is 0 Å². The van der Waals surface area contributed by atoms with E-state index in [0.717, 1.165) is 10.7 Å². The van der Waals surface area contributed by atoms with Crippen molar-refractivity contribution in [3.8, 4) is 10.4 Å². The van der Waals surface area contributed by atoms with Crippen LogP contribution in [0.2, 0.25) is 5.02 Å². The topological polar surface area (TPSA) is 26.0 Å². The molecule has 2 aromatic rings. The maximum atomic E-state index is 6.08. The molecule has 1 heterocycles. The Hall–Kier alpha value is -0.990. The van der Waals surface area contributed by atoms with Crippen LogP contribution in [0.15, 0.2) is 30.3 Å². The van der Waals surface area contributed by atoms with Gasteiger partial charge in [0.25, 0.3) is 0 Å². The van der Waals surface area contributed by atoms with Crippen molar-refractivity contribution in [2.45, 2.75) is 26.2 Å². The summed E-state index contributed by atoms with van der Waals surface area (Å²) in [5.41, 5.74) is 8.23. The molecule has 0 atom stereocenters. The molecule has 0 aliphatic heterocycles. The van der Waals surface area contributed by atoms with E-state index in [1.165, 1.54) is 15.3 Å². The van der Waals surface area contributed by atoms with Gasteiger partial charge in [-0.25, -0.2) is 0 Å². The van der Waals surface area contributed by atoms with E-state index < -0.39 is 0 Å². The fraction of sp³-hybridized carbons (Fsp3) is 0.286. The molecule has 1 nitrogen and oxygen atoms in total. The zero-order chi connectivity index (χ0) is 12.6. The summed E-state index contributed by atoms with van der Waals surface area (Å²) in [6.07, 6.45) is 0. The van der Waals surface area contributed by atoms with Crippen molar-refractivity contribution in [2.24, 2.45) is 0 Å². The lowest BCUT2D eigenvalue weighted by atomic mass is 9.94. The molecule has 0 aliphatic carbocycles. The second-order valence-electron chi connectivity index (χ2n) is 5.15. The maximum Gasteiger partial charge on any atom is 0.0467 e. The van der Waals surface area contributed by atoms with Crippen LogP contribution in [-0.2, 0) is 5.41 Å². The summed E-state index contributed by atoms with van der Waals surface area (Å²) in [6.45, 7) is 6.54. The van der Waals surface area contributed by atoms with Gasteiger partial charge in [0, 0.05) is 20.5 Å². The summed E-state index contributed by atoms with van der Waals surface area (Å²) in [4.78, 5) is 2.44. The van der Waals surface area contributed by atoms with E-state index in [9.17, 15) is 0 Å². The van der Waals surface area contributed by atoms with Gasteiger partial charge in [-0.05, 0) is 29.2 Å². The average Bonchev–Trinajstić information content (AvgIpc) is 2.61. The number of nitrogen functional groups attached to an aromatic ring is 1. The molecule has 2 N–H and O–H groups in total. The highest BCUT2D eigenvalue weighted by Gasteiger charge is 2.20. The van der Waals surface area contributed by atoms with Gasteiger partial charge < -0.3 is 5.73 Å². The molecular weight excluding hydrogens is 250 g/mol. The van der Waals surface area contributed by atoms with Crippen molar-refractivity contribution in [1.82, 2.24) is 0 Å². The van der Waals surface area contributed by atoms with E-state index in [2.05, 4.69) is 26.8 Å². The molecule has 0 unspecified atom stereocenters. The van der Waals surface area contributed by atoms with Crippen LogP contribution in [0.4, 0.5) is 5.69 Å². The minimum absolute atomic E-state index is 0.0967. The van der Waals surface area contributed by atoms with Crippen molar-refractivity contribution in [1.29, 1.82) is 0 Å². The molecule has 2 rings (SSSR count). The number of anilines is 1. The van der Waals surface area contributed by atoms with Crippen LogP contribution in [0.5, 0.6) is 0 Å². The summed E-state index contributed by atoms with van der Waals surface area (Å²) < 4.78 is 0. The minimum Gasteiger partial charge on any atom is -0.398 e. The highest BCUT2D eigenvalue weighted by atomic mass is 35.5. The number of benzene rings is 1. The molecule has 0 saturated carbocycles. The third-order valence-corrected chi connectivity index (χ3v) is 4.45. The lowest BCUT2D eigenvalue weighted by Crippen LogP contribution is -2.10. The number of hydrogen-bond acceptors (Lipinski definition) is 2. The third-order valence-electron chi connectivity index (χ3n) is 2.57. The molecule has 0 fully saturated rings. The minimum atomic E-state index is 0.0967. The lowest BCUT2D eigenvalue weighted by Gasteiger charge is -2.16. The largest absolute Gasteiger partial charge is 0.398 e. The monoisotopic (exact) mass is 265 g/mol. The van der Waals surface area contributed by atoms with E-state index in [-0.39, 0.29) is 5.41 Å². The first-order valence-corrected chi connectivity index (χ1v) is 6.73. The van der Waals surface area contributed by atoms with Crippen molar-refractivity contribution in [2.75, 3.05) is 5.73 Å². The van der Waals surface area contributed by atoms with Gasteiger partial charge in [0.05, 0.1) is 0 Å². The van der Waals surface area contributed by atoms with E-state index in [4.69, 9.17) is 17.3 Å². The summed E-state index contributed by atoms with van der Waals surface area (Å²) in [5.74, 6) is 0. The van der Waals surface area contributed by atoms with Crippen LogP contribution in [0.3, 0.4) is 0 Å². The molecule has 0 bridgehead atoms. The Balaban J connectivity index is 2.45. The zero-order valence-corrected chi connectivity index (χ0v) is 11.8.